The van der Waals surface area contributed by atoms with Crippen molar-refractivity contribution < 1.29 is 17.7 Å². The third-order valence-corrected chi connectivity index (χ3v) is 4.94. The van der Waals surface area contributed by atoms with Crippen LogP contribution in [-0.4, -0.2) is 18.3 Å². The molecule has 0 aliphatic rings. The molecule has 0 saturated carbocycles. The van der Waals surface area contributed by atoms with E-state index >= 15 is 0 Å². The van der Waals surface area contributed by atoms with E-state index < -0.39 is 25.7 Å². The number of nitrogens with zero attached hydrogens (tertiary/aromatic N) is 2. The van der Waals surface area contributed by atoms with E-state index in [9.17, 15) is 22.9 Å². The smallest absolute Gasteiger partial charge is 0.257 e. The lowest BCUT2D eigenvalue weighted by atomic mass is 10.3. The monoisotopic (exact) mass is 381 g/mol. The van der Waals surface area contributed by atoms with E-state index in [-0.39, 0.29) is 10.1 Å². The highest BCUT2D eigenvalue weighted by Crippen LogP contribution is 2.28. The number of sulfonamides is 1. The molecule has 0 fully saturated rings. The first-order valence-corrected chi connectivity index (χ1v) is 7.97. The Morgan fingerprint density at radius 1 is 1.45 bits per heavy atom. The van der Waals surface area contributed by atoms with Crippen molar-refractivity contribution in [2.45, 2.75) is 4.90 Å². The maximum absolute atomic E-state index is 13.6. The Balaban J connectivity index is 2.33. The van der Waals surface area contributed by atoms with E-state index in [0.717, 1.165) is 18.3 Å². The molecule has 1 aromatic heterocycles. The van der Waals surface area contributed by atoms with E-state index in [4.69, 9.17) is 0 Å². The molecule has 0 saturated heterocycles. The summed E-state index contributed by atoms with van der Waals surface area (Å²) in [5.41, 5.74) is 0. The standard InChI is InChI=1S/C9H5BrFN3O4S2/c10-5-1-2-7(6(11)3-5)20(17,18)13-9-12-4-8(19-9)14(15)16/h1-4H,(H,12,13). The summed E-state index contributed by atoms with van der Waals surface area (Å²) in [5.74, 6) is -0.946. The maximum atomic E-state index is 13.6. The van der Waals surface area contributed by atoms with Crippen molar-refractivity contribution >= 4 is 47.4 Å². The molecular weight excluding hydrogens is 377 g/mol. The number of hydrogen-bond donors (Lipinski definition) is 1. The summed E-state index contributed by atoms with van der Waals surface area (Å²) in [6.45, 7) is 0. The van der Waals surface area contributed by atoms with Gasteiger partial charge < -0.3 is 0 Å². The zero-order valence-corrected chi connectivity index (χ0v) is 12.6. The average molecular weight is 382 g/mol. The van der Waals surface area contributed by atoms with E-state index in [1.165, 1.54) is 6.07 Å². The predicted octanol–water partition coefficient (Wildman–Crippen LogP) is 2.75. The number of thiazole rings is 1. The largest absolute Gasteiger partial charge is 0.345 e. The highest BCUT2D eigenvalue weighted by molar-refractivity contribution is 9.10. The summed E-state index contributed by atoms with van der Waals surface area (Å²) in [4.78, 5) is 12.8. The van der Waals surface area contributed by atoms with Gasteiger partial charge >= 0.3 is 5.00 Å². The third-order valence-electron chi connectivity index (χ3n) is 2.08. The van der Waals surface area contributed by atoms with Crippen LogP contribution in [-0.2, 0) is 10.0 Å². The summed E-state index contributed by atoms with van der Waals surface area (Å²) >= 11 is 3.55. The molecule has 0 radical (unpaired) electrons. The third kappa shape index (κ3) is 3.11. The molecule has 0 atom stereocenters. The highest BCUT2D eigenvalue weighted by Gasteiger charge is 2.22. The van der Waals surface area contributed by atoms with Crippen molar-refractivity contribution in [2.75, 3.05) is 4.72 Å². The molecule has 0 bridgehead atoms. The van der Waals surface area contributed by atoms with Gasteiger partial charge in [0.05, 0.1) is 4.92 Å². The number of halogens is 2. The Morgan fingerprint density at radius 2 is 2.15 bits per heavy atom. The molecule has 11 heteroatoms. The minimum Gasteiger partial charge on any atom is -0.257 e. The van der Waals surface area contributed by atoms with Crippen molar-refractivity contribution in [2.24, 2.45) is 0 Å². The molecule has 106 valence electrons. The molecule has 1 N–H and O–H groups in total. The van der Waals surface area contributed by atoms with Crippen LogP contribution in [0.2, 0.25) is 0 Å². The van der Waals surface area contributed by atoms with Crippen molar-refractivity contribution in [1.82, 2.24) is 4.98 Å². The Hall–Kier alpha value is -1.59. The summed E-state index contributed by atoms with van der Waals surface area (Å²) in [6.07, 6.45) is 0.917. The van der Waals surface area contributed by atoms with E-state index in [1.54, 1.807) is 0 Å². The van der Waals surface area contributed by atoms with Crippen LogP contribution in [0.5, 0.6) is 0 Å². The zero-order valence-electron chi connectivity index (χ0n) is 9.41. The number of aromatic nitrogens is 1. The van der Waals surface area contributed by atoms with Crippen molar-refractivity contribution in [3.05, 3.63) is 44.8 Å². The second kappa shape index (κ2) is 5.42. The molecular formula is C9H5BrFN3O4S2. The van der Waals surface area contributed by atoms with Gasteiger partial charge in [-0.2, -0.15) is 0 Å². The van der Waals surface area contributed by atoms with Gasteiger partial charge in [0.2, 0.25) is 5.13 Å². The first-order valence-electron chi connectivity index (χ1n) is 4.88. The lowest BCUT2D eigenvalue weighted by Gasteiger charge is -2.06. The highest BCUT2D eigenvalue weighted by atomic mass is 79.9. The summed E-state index contributed by atoms with van der Waals surface area (Å²) in [5, 5.41) is 9.95. The van der Waals surface area contributed by atoms with Gasteiger partial charge in [-0.3, -0.25) is 14.8 Å². The van der Waals surface area contributed by atoms with Crippen molar-refractivity contribution in [3.8, 4) is 0 Å². The van der Waals surface area contributed by atoms with Gasteiger partial charge in [0, 0.05) is 4.47 Å². The van der Waals surface area contributed by atoms with Crippen LogP contribution in [0.1, 0.15) is 0 Å². The maximum Gasteiger partial charge on any atom is 0.345 e. The molecule has 2 rings (SSSR count). The van der Waals surface area contributed by atoms with Crippen LogP contribution >= 0.6 is 27.3 Å². The number of nitrogens with one attached hydrogen (secondary N) is 1. The quantitative estimate of drug-likeness (QED) is 0.647. The lowest BCUT2D eigenvalue weighted by molar-refractivity contribution is -0.380. The van der Waals surface area contributed by atoms with Crippen molar-refractivity contribution in [1.29, 1.82) is 0 Å². The van der Waals surface area contributed by atoms with Crippen LogP contribution in [0.15, 0.2) is 33.8 Å². The topological polar surface area (TPSA) is 102 Å². The van der Waals surface area contributed by atoms with Gasteiger partial charge in [-0.05, 0) is 29.5 Å². The first kappa shape index (κ1) is 14.8. The molecule has 20 heavy (non-hydrogen) atoms. The van der Waals surface area contributed by atoms with Gasteiger partial charge in [-0.25, -0.2) is 17.8 Å². The molecule has 0 amide bonds. The molecule has 0 unspecified atom stereocenters. The van der Waals surface area contributed by atoms with Crippen LogP contribution in [0.25, 0.3) is 0 Å². The van der Waals surface area contributed by atoms with Gasteiger partial charge in [0.25, 0.3) is 10.0 Å². The van der Waals surface area contributed by atoms with Crippen molar-refractivity contribution in [3.63, 3.8) is 0 Å². The molecule has 7 nitrogen and oxygen atoms in total. The lowest BCUT2D eigenvalue weighted by Crippen LogP contribution is -2.14. The summed E-state index contributed by atoms with van der Waals surface area (Å²) in [7, 11) is -4.19. The van der Waals surface area contributed by atoms with Gasteiger partial charge in [-0.1, -0.05) is 15.9 Å². The molecule has 1 aromatic carbocycles. The Morgan fingerprint density at radius 3 is 2.70 bits per heavy atom. The fourth-order valence-corrected chi connectivity index (χ4v) is 3.53. The molecule has 0 aliphatic carbocycles. The minimum atomic E-state index is -4.19. The number of anilines is 1. The number of rotatable bonds is 4. The zero-order chi connectivity index (χ0) is 14.9. The second-order valence-electron chi connectivity index (χ2n) is 3.44. The first-order chi connectivity index (χ1) is 9.29. The SMILES string of the molecule is O=[N+]([O-])c1cnc(NS(=O)(=O)c2ccc(Br)cc2F)s1. The van der Waals surface area contributed by atoms with E-state index in [0.29, 0.717) is 15.8 Å². The van der Waals surface area contributed by atoms with E-state index in [1.807, 2.05) is 4.72 Å². The van der Waals surface area contributed by atoms with Crippen LogP contribution in [0, 0.1) is 15.9 Å². The second-order valence-corrected chi connectivity index (χ2v) is 7.02. The minimum absolute atomic E-state index is 0.209. The van der Waals surface area contributed by atoms with E-state index in [2.05, 4.69) is 20.9 Å². The molecule has 1 heterocycles. The number of hydrogen-bond acceptors (Lipinski definition) is 6. The Labute approximate surface area is 124 Å². The normalized spacial score (nSPS) is 11.3. The van der Waals surface area contributed by atoms with Gasteiger partial charge in [0.1, 0.15) is 16.9 Å². The average Bonchev–Trinajstić information content (AvgIpc) is 2.76. The molecule has 0 aliphatic heterocycles. The van der Waals surface area contributed by atoms with Gasteiger partial charge in [0.15, 0.2) is 0 Å². The summed E-state index contributed by atoms with van der Waals surface area (Å²) in [6, 6.07) is 3.44. The van der Waals surface area contributed by atoms with Crippen LogP contribution in [0.3, 0.4) is 0 Å². The fraction of sp³-hybridized carbons (Fsp3) is 0. The predicted molar refractivity (Wildman–Crippen MR) is 73.7 cm³/mol. The summed E-state index contributed by atoms with van der Waals surface area (Å²) < 4.78 is 39.9. The van der Waals surface area contributed by atoms with Gasteiger partial charge in [-0.15, -0.1) is 0 Å². The molecule has 2 aromatic rings. The van der Waals surface area contributed by atoms with Crippen LogP contribution in [0.4, 0.5) is 14.5 Å². The molecule has 0 spiro atoms. The Bertz CT molecular complexity index is 777. The number of benzene rings is 1. The Kier molecular flexibility index (Phi) is 4.01. The fourth-order valence-electron chi connectivity index (χ4n) is 1.26. The number of nitro groups is 1. The van der Waals surface area contributed by atoms with Crippen LogP contribution < -0.4 is 4.72 Å².